The predicted molar refractivity (Wildman–Crippen MR) is 69.3 cm³/mol. The molecule has 1 rings (SSSR count). The number of aromatic nitrogens is 1. The molecule has 0 saturated heterocycles. The number of rotatable bonds is 6. The van der Waals surface area contributed by atoms with Crippen molar-refractivity contribution >= 4 is 23.4 Å². The molecule has 2 N–H and O–H groups in total. The molecule has 1 aromatic heterocycles. The highest BCUT2D eigenvalue weighted by Gasteiger charge is 2.17. The van der Waals surface area contributed by atoms with E-state index in [0.29, 0.717) is 17.3 Å². The summed E-state index contributed by atoms with van der Waals surface area (Å²) in [5.41, 5.74) is 5.54. The van der Waals surface area contributed by atoms with Crippen LogP contribution >= 0.6 is 11.6 Å². The number of halogens is 1. The van der Waals surface area contributed by atoms with E-state index in [9.17, 15) is 9.59 Å². The van der Waals surface area contributed by atoms with Crippen LogP contribution in [-0.2, 0) is 4.79 Å². The summed E-state index contributed by atoms with van der Waals surface area (Å²) in [4.78, 5) is 28.4. The highest BCUT2D eigenvalue weighted by molar-refractivity contribution is 6.29. The largest absolute Gasteiger partial charge is 0.368 e. The zero-order valence-corrected chi connectivity index (χ0v) is 11.0. The Hall–Kier alpha value is -1.62. The minimum absolute atomic E-state index is 0.0819. The minimum Gasteiger partial charge on any atom is -0.368 e. The van der Waals surface area contributed by atoms with Crippen molar-refractivity contribution in [2.45, 2.75) is 19.8 Å². The number of carbonyl (C=O) groups excluding carboxylic acids is 2. The Morgan fingerprint density at radius 2 is 2.17 bits per heavy atom. The van der Waals surface area contributed by atoms with Crippen LogP contribution in [0.4, 0.5) is 0 Å². The van der Waals surface area contributed by atoms with Crippen molar-refractivity contribution in [1.82, 2.24) is 9.88 Å². The highest BCUT2D eigenvalue weighted by Crippen LogP contribution is 2.09. The van der Waals surface area contributed by atoms with Crippen LogP contribution in [0.2, 0.25) is 5.15 Å². The Labute approximate surface area is 111 Å². The Morgan fingerprint density at radius 1 is 1.44 bits per heavy atom. The Kier molecular flexibility index (Phi) is 5.58. The van der Waals surface area contributed by atoms with Crippen LogP contribution in [0, 0.1) is 0 Å². The lowest BCUT2D eigenvalue weighted by atomic mass is 10.2. The van der Waals surface area contributed by atoms with Gasteiger partial charge in [-0.1, -0.05) is 24.9 Å². The van der Waals surface area contributed by atoms with Crippen LogP contribution in [-0.4, -0.2) is 34.8 Å². The van der Waals surface area contributed by atoms with Gasteiger partial charge in [0.2, 0.25) is 5.91 Å². The number of hydrogen-bond acceptors (Lipinski definition) is 3. The summed E-state index contributed by atoms with van der Waals surface area (Å²) in [5.74, 6) is -0.784. The van der Waals surface area contributed by atoms with E-state index >= 15 is 0 Å². The van der Waals surface area contributed by atoms with Crippen LogP contribution < -0.4 is 5.73 Å². The molecule has 0 aromatic carbocycles. The van der Waals surface area contributed by atoms with Gasteiger partial charge < -0.3 is 10.6 Å². The third kappa shape index (κ3) is 4.33. The highest BCUT2D eigenvalue weighted by atomic mass is 35.5. The van der Waals surface area contributed by atoms with E-state index in [-0.39, 0.29) is 12.5 Å². The van der Waals surface area contributed by atoms with Crippen molar-refractivity contribution in [3.05, 3.63) is 29.0 Å². The molecule has 0 spiro atoms. The van der Waals surface area contributed by atoms with Crippen LogP contribution in [0.25, 0.3) is 0 Å². The van der Waals surface area contributed by atoms with E-state index in [1.807, 2.05) is 6.92 Å². The van der Waals surface area contributed by atoms with Gasteiger partial charge in [0.05, 0.1) is 12.1 Å². The van der Waals surface area contributed by atoms with Crippen LogP contribution in [0.3, 0.4) is 0 Å². The molecule has 0 unspecified atom stereocenters. The Morgan fingerprint density at radius 3 is 2.67 bits per heavy atom. The molecule has 1 heterocycles. The first-order valence-electron chi connectivity index (χ1n) is 5.73. The van der Waals surface area contributed by atoms with Gasteiger partial charge in [0.25, 0.3) is 5.91 Å². The second-order valence-electron chi connectivity index (χ2n) is 3.92. The maximum absolute atomic E-state index is 12.1. The molecule has 5 nitrogen and oxygen atoms in total. The normalized spacial score (nSPS) is 10.1. The molecular weight excluding hydrogens is 254 g/mol. The lowest BCUT2D eigenvalue weighted by molar-refractivity contribution is -0.118. The van der Waals surface area contributed by atoms with Crippen LogP contribution in [0.5, 0.6) is 0 Å². The molecule has 0 saturated carbocycles. The van der Waals surface area contributed by atoms with Gasteiger partial charge in [0, 0.05) is 12.7 Å². The zero-order valence-electron chi connectivity index (χ0n) is 10.2. The number of carbonyl (C=O) groups is 2. The van der Waals surface area contributed by atoms with Crippen LogP contribution in [0.15, 0.2) is 18.3 Å². The number of hydrogen-bond donors (Lipinski definition) is 1. The molecule has 0 radical (unpaired) electrons. The minimum atomic E-state index is -0.527. The predicted octanol–water partition coefficient (Wildman–Crippen LogP) is 1.46. The third-order valence-corrected chi connectivity index (χ3v) is 2.61. The Balaban J connectivity index is 2.80. The summed E-state index contributed by atoms with van der Waals surface area (Å²) in [6, 6.07) is 3.12. The molecular formula is C12H16ClN3O2. The number of unbranched alkanes of at least 4 members (excludes halogenated alkanes) is 1. The fourth-order valence-electron chi connectivity index (χ4n) is 1.47. The van der Waals surface area contributed by atoms with Crippen molar-refractivity contribution < 1.29 is 9.59 Å². The molecule has 0 aliphatic rings. The molecule has 18 heavy (non-hydrogen) atoms. The van der Waals surface area contributed by atoms with Gasteiger partial charge in [-0.3, -0.25) is 9.59 Å². The van der Waals surface area contributed by atoms with Gasteiger partial charge >= 0.3 is 0 Å². The lowest BCUT2D eigenvalue weighted by Crippen LogP contribution is -2.39. The third-order valence-electron chi connectivity index (χ3n) is 2.39. The summed E-state index contributed by atoms with van der Waals surface area (Å²) in [6.07, 6.45) is 3.14. The fraction of sp³-hybridized carbons (Fsp3) is 0.417. The van der Waals surface area contributed by atoms with Gasteiger partial charge in [-0.05, 0) is 18.6 Å². The molecule has 0 aliphatic carbocycles. The van der Waals surface area contributed by atoms with E-state index in [4.69, 9.17) is 17.3 Å². The first-order chi connectivity index (χ1) is 8.54. The maximum atomic E-state index is 12.1. The first-order valence-corrected chi connectivity index (χ1v) is 6.11. The fourth-order valence-corrected chi connectivity index (χ4v) is 1.59. The average molecular weight is 270 g/mol. The SMILES string of the molecule is CCCCN(CC(N)=O)C(=O)c1ccc(Cl)nc1. The topological polar surface area (TPSA) is 76.3 Å². The summed E-state index contributed by atoms with van der Waals surface area (Å²) >= 11 is 5.65. The number of pyridine rings is 1. The average Bonchev–Trinajstić information content (AvgIpc) is 2.34. The summed E-state index contributed by atoms with van der Waals surface area (Å²) in [5, 5.41) is 0.321. The van der Waals surface area contributed by atoms with E-state index in [1.165, 1.54) is 17.2 Å². The van der Waals surface area contributed by atoms with Gasteiger partial charge in [-0.15, -0.1) is 0 Å². The number of nitrogens with zero attached hydrogens (tertiary/aromatic N) is 2. The van der Waals surface area contributed by atoms with Gasteiger partial charge in [-0.25, -0.2) is 4.98 Å². The molecule has 0 fully saturated rings. The lowest BCUT2D eigenvalue weighted by Gasteiger charge is -2.20. The van der Waals surface area contributed by atoms with Crippen molar-refractivity contribution in [2.24, 2.45) is 5.73 Å². The van der Waals surface area contributed by atoms with Gasteiger partial charge in [0.15, 0.2) is 0 Å². The van der Waals surface area contributed by atoms with Gasteiger partial charge in [0.1, 0.15) is 5.15 Å². The van der Waals surface area contributed by atoms with E-state index in [0.717, 1.165) is 12.8 Å². The number of nitrogens with two attached hydrogens (primary N) is 1. The van der Waals surface area contributed by atoms with Crippen molar-refractivity contribution in [2.75, 3.05) is 13.1 Å². The molecule has 98 valence electrons. The molecule has 6 heteroatoms. The van der Waals surface area contributed by atoms with Crippen LogP contribution in [0.1, 0.15) is 30.1 Å². The summed E-state index contributed by atoms with van der Waals surface area (Å²) < 4.78 is 0. The zero-order chi connectivity index (χ0) is 13.5. The van der Waals surface area contributed by atoms with E-state index in [2.05, 4.69) is 4.98 Å². The Bertz CT molecular complexity index is 420. The standard InChI is InChI=1S/C12H16ClN3O2/c1-2-3-6-16(8-11(14)17)12(18)9-4-5-10(13)15-7-9/h4-5,7H,2-3,6,8H2,1H3,(H2,14,17). The molecule has 0 atom stereocenters. The van der Waals surface area contributed by atoms with Crippen molar-refractivity contribution in [3.8, 4) is 0 Å². The molecule has 1 aromatic rings. The second-order valence-corrected chi connectivity index (χ2v) is 4.30. The van der Waals surface area contributed by atoms with E-state index in [1.54, 1.807) is 6.07 Å². The maximum Gasteiger partial charge on any atom is 0.255 e. The van der Waals surface area contributed by atoms with Crippen molar-refractivity contribution in [3.63, 3.8) is 0 Å². The smallest absolute Gasteiger partial charge is 0.255 e. The summed E-state index contributed by atoms with van der Waals surface area (Å²) in [6.45, 7) is 2.43. The van der Waals surface area contributed by atoms with Crippen molar-refractivity contribution in [1.29, 1.82) is 0 Å². The second kappa shape index (κ2) is 6.96. The first kappa shape index (κ1) is 14.4. The summed E-state index contributed by atoms with van der Waals surface area (Å²) in [7, 11) is 0. The number of primary amides is 1. The van der Waals surface area contributed by atoms with E-state index < -0.39 is 5.91 Å². The quantitative estimate of drug-likeness (QED) is 0.795. The molecule has 0 aliphatic heterocycles. The molecule has 2 amide bonds. The number of amides is 2. The van der Waals surface area contributed by atoms with Gasteiger partial charge in [-0.2, -0.15) is 0 Å². The monoisotopic (exact) mass is 269 g/mol. The molecule has 0 bridgehead atoms.